The number of aryl methyl sites for hydroxylation is 1. The van der Waals surface area contributed by atoms with E-state index in [4.69, 9.17) is 5.73 Å². The van der Waals surface area contributed by atoms with Crippen LogP contribution in [0.4, 0.5) is 11.4 Å². The van der Waals surface area contributed by atoms with Crippen LogP contribution in [0.5, 0.6) is 0 Å². The lowest BCUT2D eigenvalue weighted by atomic mass is 10.1. The molecule has 4 nitrogen and oxygen atoms in total. The topological polar surface area (TPSA) is 67.1 Å². The van der Waals surface area contributed by atoms with Gasteiger partial charge in [-0.15, -0.1) is 0 Å². The number of amides is 1. The molecule has 80 valence electrons. The van der Waals surface area contributed by atoms with E-state index in [0.29, 0.717) is 13.0 Å². The van der Waals surface area contributed by atoms with Gasteiger partial charge in [-0.05, 0) is 24.6 Å². The van der Waals surface area contributed by atoms with Crippen LogP contribution in [-0.2, 0) is 4.79 Å². The lowest BCUT2D eigenvalue weighted by molar-refractivity contribution is -0.119. The van der Waals surface area contributed by atoms with E-state index in [1.54, 1.807) is 0 Å². The van der Waals surface area contributed by atoms with Crippen molar-refractivity contribution in [2.24, 2.45) is 0 Å². The Morgan fingerprint density at radius 3 is 2.93 bits per heavy atom. The maximum absolute atomic E-state index is 11.0. The molecule has 0 spiro atoms. The predicted octanol–water partition coefficient (Wildman–Crippen LogP) is 0.878. The minimum Gasteiger partial charge on any atom is -0.397 e. The maximum atomic E-state index is 11.0. The third kappa shape index (κ3) is 2.21. The first kappa shape index (κ1) is 9.83. The van der Waals surface area contributed by atoms with Gasteiger partial charge in [-0.25, -0.2) is 0 Å². The van der Waals surface area contributed by atoms with Crippen LogP contribution in [0.1, 0.15) is 12.0 Å². The van der Waals surface area contributed by atoms with Crippen LogP contribution in [0.2, 0.25) is 0 Å². The zero-order chi connectivity index (χ0) is 10.8. The molecule has 1 heterocycles. The van der Waals surface area contributed by atoms with Crippen molar-refractivity contribution < 1.29 is 4.79 Å². The summed E-state index contributed by atoms with van der Waals surface area (Å²) in [7, 11) is 0. The Bertz CT molecular complexity index is 389. The fraction of sp³-hybridized carbons (Fsp3) is 0.364. The predicted molar refractivity (Wildman–Crippen MR) is 60.6 cm³/mol. The van der Waals surface area contributed by atoms with Crippen LogP contribution in [0, 0.1) is 6.92 Å². The van der Waals surface area contributed by atoms with Gasteiger partial charge in [-0.3, -0.25) is 4.79 Å². The van der Waals surface area contributed by atoms with Gasteiger partial charge in [0.2, 0.25) is 5.91 Å². The van der Waals surface area contributed by atoms with Crippen molar-refractivity contribution in [2.45, 2.75) is 19.4 Å². The third-order valence-electron chi connectivity index (χ3n) is 2.54. The van der Waals surface area contributed by atoms with Crippen molar-refractivity contribution in [3.05, 3.63) is 23.8 Å². The molecule has 1 aromatic rings. The van der Waals surface area contributed by atoms with Crippen LogP contribution in [0.15, 0.2) is 18.2 Å². The smallest absolute Gasteiger partial charge is 0.222 e. The average molecular weight is 205 g/mol. The standard InChI is InChI=1S/C11H15N3O/c1-7-2-3-10(9(12)4-7)14-8-5-11(15)13-6-8/h2-4,8,14H,5-6,12H2,1H3,(H,13,15). The molecule has 4 heteroatoms. The Labute approximate surface area is 88.9 Å². The molecule has 0 bridgehead atoms. The molecule has 2 rings (SSSR count). The van der Waals surface area contributed by atoms with E-state index >= 15 is 0 Å². The number of hydrogen-bond donors (Lipinski definition) is 3. The molecule has 1 aromatic carbocycles. The summed E-state index contributed by atoms with van der Waals surface area (Å²) in [5, 5.41) is 6.04. The summed E-state index contributed by atoms with van der Waals surface area (Å²) in [5.74, 6) is 0.0955. The van der Waals surface area contributed by atoms with Gasteiger partial charge in [0.15, 0.2) is 0 Å². The second kappa shape index (κ2) is 3.81. The number of anilines is 2. The molecule has 0 saturated carbocycles. The molecule has 15 heavy (non-hydrogen) atoms. The lowest BCUT2D eigenvalue weighted by Crippen LogP contribution is -2.22. The SMILES string of the molecule is Cc1ccc(NC2CNC(=O)C2)c(N)c1. The van der Waals surface area contributed by atoms with Gasteiger partial charge >= 0.3 is 0 Å². The van der Waals surface area contributed by atoms with E-state index in [1.165, 1.54) is 0 Å². The average Bonchev–Trinajstić information content (AvgIpc) is 2.56. The molecule has 1 unspecified atom stereocenters. The van der Waals surface area contributed by atoms with Gasteiger partial charge in [-0.1, -0.05) is 6.07 Å². The quantitative estimate of drug-likeness (QED) is 0.628. The van der Waals surface area contributed by atoms with Gasteiger partial charge in [0.05, 0.1) is 17.4 Å². The van der Waals surface area contributed by atoms with E-state index in [-0.39, 0.29) is 11.9 Å². The Kier molecular flexibility index (Phi) is 2.49. The summed E-state index contributed by atoms with van der Waals surface area (Å²) in [4.78, 5) is 11.0. The molecular formula is C11H15N3O. The summed E-state index contributed by atoms with van der Waals surface area (Å²) < 4.78 is 0. The summed E-state index contributed by atoms with van der Waals surface area (Å²) in [6.07, 6.45) is 0.521. The van der Waals surface area contributed by atoms with Crippen molar-refractivity contribution in [1.29, 1.82) is 0 Å². The van der Waals surface area contributed by atoms with Crippen LogP contribution < -0.4 is 16.4 Å². The second-order valence-electron chi connectivity index (χ2n) is 3.94. The molecule has 1 fully saturated rings. The molecule has 0 radical (unpaired) electrons. The first-order valence-electron chi connectivity index (χ1n) is 5.04. The lowest BCUT2D eigenvalue weighted by Gasteiger charge is -2.14. The normalized spacial score (nSPS) is 20.1. The highest BCUT2D eigenvalue weighted by molar-refractivity contribution is 5.80. The fourth-order valence-corrected chi connectivity index (χ4v) is 1.74. The Hall–Kier alpha value is -1.71. The van der Waals surface area contributed by atoms with Crippen molar-refractivity contribution in [1.82, 2.24) is 5.32 Å². The number of benzene rings is 1. The molecule has 0 aliphatic carbocycles. The summed E-state index contributed by atoms with van der Waals surface area (Å²) >= 11 is 0. The Morgan fingerprint density at radius 2 is 2.33 bits per heavy atom. The maximum Gasteiger partial charge on any atom is 0.222 e. The van der Waals surface area contributed by atoms with Crippen LogP contribution in [0.3, 0.4) is 0 Å². The van der Waals surface area contributed by atoms with Gasteiger partial charge in [0, 0.05) is 13.0 Å². The Morgan fingerprint density at radius 1 is 1.53 bits per heavy atom. The Balaban J connectivity index is 2.07. The number of carbonyl (C=O) groups excluding carboxylic acids is 1. The van der Waals surface area contributed by atoms with Crippen molar-refractivity contribution >= 4 is 17.3 Å². The highest BCUT2D eigenvalue weighted by atomic mass is 16.1. The number of nitrogens with two attached hydrogens (primary N) is 1. The van der Waals surface area contributed by atoms with Gasteiger partial charge in [-0.2, -0.15) is 0 Å². The van der Waals surface area contributed by atoms with Crippen molar-refractivity contribution in [3.8, 4) is 0 Å². The van der Waals surface area contributed by atoms with E-state index < -0.39 is 0 Å². The van der Waals surface area contributed by atoms with E-state index in [2.05, 4.69) is 10.6 Å². The van der Waals surface area contributed by atoms with Crippen LogP contribution in [-0.4, -0.2) is 18.5 Å². The molecule has 1 aliphatic rings. The first-order chi connectivity index (χ1) is 7.15. The number of rotatable bonds is 2. The first-order valence-corrected chi connectivity index (χ1v) is 5.04. The molecule has 1 aliphatic heterocycles. The van der Waals surface area contributed by atoms with Crippen LogP contribution in [0.25, 0.3) is 0 Å². The summed E-state index contributed by atoms with van der Waals surface area (Å²) in [5.41, 5.74) is 8.64. The minimum atomic E-state index is 0.0955. The van der Waals surface area contributed by atoms with Crippen molar-refractivity contribution in [2.75, 3.05) is 17.6 Å². The van der Waals surface area contributed by atoms with Crippen molar-refractivity contribution in [3.63, 3.8) is 0 Å². The highest BCUT2D eigenvalue weighted by Crippen LogP contribution is 2.21. The fourth-order valence-electron chi connectivity index (χ4n) is 1.74. The summed E-state index contributed by atoms with van der Waals surface area (Å²) in [6, 6.07) is 6.03. The minimum absolute atomic E-state index is 0.0955. The zero-order valence-electron chi connectivity index (χ0n) is 8.71. The van der Waals surface area contributed by atoms with Gasteiger partial charge in [0.25, 0.3) is 0 Å². The number of carbonyl (C=O) groups is 1. The molecule has 1 saturated heterocycles. The molecule has 1 atom stereocenters. The third-order valence-corrected chi connectivity index (χ3v) is 2.54. The summed E-state index contributed by atoms with van der Waals surface area (Å²) in [6.45, 7) is 2.67. The monoisotopic (exact) mass is 205 g/mol. The van der Waals surface area contributed by atoms with Gasteiger partial charge in [0.1, 0.15) is 0 Å². The van der Waals surface area contributed by atoms with E-state index in [1.807, 2.05) is 25.1 Å². The molecule has 0 aromatic heterocycles. The van der Waals surface area contributed by atoms with E-state index in [0.717, 1.165) is 16.9 Å². The molecular weight excluding hydrogens is 190 g/mol. The van der Waals surface area contributed by atoms with Crippen LogP contribution >= 0.6 is 0 Å². The second-order valence-corrected chi connectivity index (χ2v) is 3.94. The highest BCUT2D eigenvalue weighted by Gasteiger charge is 2.21. The van der Waals surface area contributed by atoms with E-state index in [9.17, 15) is 4.79 Å². The number of nitrogen functional groups attached to an aromatic ring is 1. The number of nitrogens with one attached hydrogen (secondary N) is 2. The van der Waals surface area contributed by atoms with Gasteiger partial charge < -0.3 is 16.4 Å². The molecule has 4 N–H and O–H groups in total. The zero-order valence-corrected chi connectivity index (χ0v) is 8.71. The molecule has 1 amide bonds. The number of hydrogen-bond acceptors (Lipinski definition) is 3. The largest absolute Gasteiger partial charge is 0.397 e.